The summed E-state index contributed by atoms with van der Waals surface area (Å²) in [5.41, 5.74) is 2.34. The van der Waals surface area contributed by atoms with Crippen LogP contribution in [0.3, 0.4) is 0 Å². The number of phenols is 1. The highest BCUT2D eigenvalue weighted by molar-refractivity contribution is 5.81. The number of hydrogen-bond acceptors (Lipinski definition) is 3. The number of benzene rings is 1. The molecular formula is C27H38O3. The van der Waals surface area contributed by atoms with Crippen molar-refractivity contribution in [3.05, 3.63) is 65.8 Å². The summed E-state index contributed by atoms with van der Waals surface area (Å²) in [7, 11) is 0. The van der Waals surface area contributed by atoms with E-state index in [2.05, 4.69) is 60.3 Å². The number of phenolic OH excluding ortho intramolecular Hbond substituents is 1. The lowest BCUT2D eigenvalue weighted by Crippen LogP contribution is -2.33. The van der Waals surface area contributed by atoms with Crippen molar-refractivity contribution >= 4 is 5.97 Å². The zero-order chi connectivity index (χ0) is 22.6. The first kappa shape index (κ1) is 24.0. The van der Waals surface area contributed by atoms with E-state index in [1.807, 2.05) is 24.3 Å². The molecule has 1 unspecified atom stereocenters. The highest BCUT2D eigenvalue weighted by Gasteiger charge is 2.33. The first-order chi connectivity index (χ1) is 14.0. The van der Waals surface area contributed by atoms with E-state index in [1.165, 1.54) is 11.6 Å². The molecule has 1 aromatic carbocycles. The Morgan fingerprint density at radius 1 is 1.17 bits per heavy atom. The van der Waals surface area contributed by atoms with Crippen molar-refractivity contribution in [3.8, 4) is 5.75 Å². The monoisotopic (exact) mass is 410 g/mol. The van der Waals surface area contributed by atoms with Gasteiger partial charge in [0.25, 0.3) is 0 Å². The van der Waals surface area contributed by atoms with E-state index in [0.717, 1.165) is 24.0 Å². The molecule has 0 spiro atoms. The Bertz CT molecular complexity index is 842. The second-order valence-electron chi connectivity index (χ2n) is 9.69. The second kappa shape index (κ2) is 9.24. The molecule has 0 aromatic heterocycles. The molecule has 3 nitrogen and oxygen atoms in total. The summed E-state index contributed by atoms with van der Waals surface area (Å²) in [6, 6.07) is 4.32. The molecule has 0 saturated heterocycles. The summed E-state index contributed by atoms with van der Waals surface area (Å²) in [5, 5.41) is 11.2. The third-order valence-corrected chi connectivity index (χ3v) is 6.87. The smallest absolute Gasteiger partial charge is 0.331 e. The van der Waals surface area contributed by atoms with Gasteiger partial charge in [-0.3, -0.25) is 0 Å². The predicted octanol–water partition coefficient (Wildman–Crippen LogP) is 6.68. The van der Waals surface area contributed by atoms with E-state index < -0.39 is 11.6 Å². The molecule has 1 aliphatic rings. The number of aromatic hydroxyl groups is 1. The zero-order valence-electron chi connectivity index (χ0n) is 19.5. The number of esters is 1. The molecule has 1 atom stereocenters. The summed E-state index contributed by atoms with van der Waals surface area (Å²) in [4.78, 5) is 12.0. The Balaban J connectivity index is 2.46. The number of allylic oxidation sites excluding steroid dienone is 2. The predicted molar refractivity (Wildman–Crippen MR) is 125 cm³/mol. The Morgan fingerprint density at radius 2 is 1.83 bits per heavy atom. The number of rotatable bonds is 9. The minimum Gasteiger partial charge on any atom is -0.507 e. The molecule has 1 N–H and O–H groups in total. The van der Waals surface area contributed by atoms with Gasteiger partial charge >= 0.3 is 5.97 Å². The molecule has 1 aliphatic carbocycles. The molecule has 1 aromatic rings. The molecular weight excluding hydrogens is 372 g/mol. The van der Waals surface area contributed by atoms with Crippen LogP contribution in [-0.4, -0.2) is 16.7 Å². The van der Waals surface area contributed by atoms with Crippen molar-refractivity contribution in [1.29, 1.82) is 0 Å². The van der Waals surface area contributed by atoms with Crippen LogP contribution in [0.2, 0.25) is 0 Å². The number of hydrogen-bond donors (Lipinski definition) is 1. The summed E-state index contributed by atoms with van der Waals surface area (Å²) in [6.45, 7) is 16.7. The lowest BCUT2D eigenvalue weighted by Gasteiger charge is -2.33. The van der Waals surface area contributed by atoms with Crippen molar-refractivity contribution < 1.29 is 14.6 Å². The Labute approximate surface area is 182 Å². The fourth-order valence-corrected chi connectivity index (χ4v) is 3.73. The Hall–Kier alpha value is -2.29. The van der Waals surface area contributed by atoms with Crippen LogP contribution >= 0.6 is 0 Å². The highest BCUT2D eigenvalue weighted by Crippen LogP contribution is 2.41. The average Bonchev–Trinajstić information content (AvgIpc) is 2.73. The molecule has 30 heavy (non-hydrogen) atoms. The Morgan fingerprint density at radius 3 is 2.37 bits per heavy atom. The van der Waals surface area contributed by atoms with Crippen molar-refractivity contribution in [3.63, 3.8) is 0 Å². The van der Waals surface area contributed by atoms with Gasteiger partial charge in [0, 0.05) is 18.1 Å². The molecule has 0 radical (unpaired) electrons. The maximum Gasteiger partial charge on any atom is 0.331 e. The molecule has 0 saturated carbocycles. The van der Waals surface area contributed by atoms with Crippen molar-refractivity contribution in [1.82, 2.24) is 0 Å². The minimum atomic E-state index is -0.705. The molecule has 164 valence electrons. The first-order valence-corrected chi connectivity index (χ1v) is 11.1. The van der Waals surface area contributed by atoms with Gasteiger partial charge in [-0.2, -0.15) is 0 Å². The molecule has 0 amide bonds. The van der Waals surface area contributed by atoms with Gasteiger partial charge in [0.05, 0.1) is 0 Å². The lowest BCUT2D eigenvalue weighted by molar-refractivity contribution is -0.149. The van der Waals surface area contributed by atoms with Crippen LogP contribution in [0.5, 0.6) is 5.75 Å². The molecule has 0 aliphatic heterocycles. The molecule has 0 bridgehead atoms. The Kier molecular flexibility index (Phi) is 7.39. The van der Waals surface area contributed by atoms with Gasteiger partial charge < -0.3 is 9.84 Å². The van der Waals surface area contributed by atoms with Crippen LogP contribution < -0.4 is 0 Å². The van der Waals surface area contributed by atoms with Crippen LogP contribution in [0, 0.1) is 0 Å². The first-order valence-electron chi connectivity index (χ1n) is 11.1. The van der Waals surface area contributed by atoms with Crippen molar-refractivity contribution in [2.75, 3.05) is 0 Å². The molecule has 3 heteroatoms. The lowest BCUT2D eigenvalue weighted by atomic mass is 9.74. The molecule has 0 fully saturated rings. The van der Waals surface area contributed by atoms with Gasteiger partial charge in [-0.05, 0) is 53.7 Å². The minimum absolute atomic E-state index is 0.0154. The zero-order valence-corrected chi connectivity index (χ0v) is 19.5. The van der Waals surface area contributed by atoms with E-state index in [4.69, 9.17) is 4.74 Å². The van der Waals surface area contributed by atoms with Gasteiger partial charge in [-0.1, -0.05) is 78.5 Å². The van der Waals surface area contributed by atoms with Crippen LogP contribution in [0.4, 0.5) is 0 Å². The van der Waals surface area contributed by atoms with E-state index in [0.29, 0.717) is 25.0 Å². The largest absolute Gasteiger partial charge is 0.507 e. The van der Waals surface area contributed by atoms with E-state index >= 15 is 0 Å². The summed E-state index contributed by atoms with van der Waals surface area (Å²) in [5.74, 6) is -0.0501. The van der Waals surface area contributed by atoms with Crippen LogP contribution in [0.1, 0.15) is 83.9 Å². The van der Waals surface area contributed by atoms with Gasteiger partial charge in [0.2, 0.25) is 0 Å². The van der Waals surface area contributed by atoms with E-state index in [9.17, 15) is 9.90 Å². The standard InChI is InChI=1S/C27H38O3/c1-8-23(28)30-27(15-12-11-13-16-27)17-14-20-18-21(25(4,5)9-2)19-22(24(20)29)26(6,7)10-3/h8,11-13,15,18-19,29H,1,9-10,14,16-17H2,2-7H3. The topological polar surface area (TPSA) is 46.5 Å². The van der Waals surface area contributed by atoms with Gasteiger partial charge in [-0.15, -0.1) is 0 Å². The van der Waals surface area contributed by atoms with Gasteiger partial charge in [0.15, 0.2) is 0 Å². The third kappa shape index (κ3) is 5.24. The van der Waals surface area contributed by atoms with Crippen LogP contribution in [0.15, 0.2) is 49.1 Å². The SMILES string of the molecule is C=CC(=O)OC1(CCc2cc(C(C)(C)CC)cc(C(C)(C)CC)c2O)C=CC=CC1. The van der Waals surface area contributed by atoms with E-state index in [1.54, 1.807) is 0 Å². The molecule has 2 rings (SSSR count). The average molecular weight is 411 g/mol. The highest BCUT2D eigenvalue weighted by atomic mass is 16.6. The number of carbonyl (C=O) groups is 1. The fourth-order valence-electron chi connectivity index (χ4n) is 3.73. The van der Waals surface area contributed by atoms with Crippen LogP contribution in [0.25, 0.3) is 0 Å². The summed E-state index contributed by atoms with van der Waals surface area (Å²) < 4.78 is 5.75. The number of aryl methyl sites for hydroxylation is 1. The van der Waals surface area contributed by atoms with Gasteiger partial charge in [-0.25, -0.2) is 4.79 Å². The quantitative estimate of drug-likeness (QED) is 0.365. The summed E-state index contributed by atoms with van der Waals surface area (Å²) >= 11 is 0. The maximum atomic E-state index is 12.0. The maximum absolute atomic E-state index is 12.0. The molecule has 0 heterocycles. The summed E-state index contributed by atoms with van der Waals surface area (Å²) in [6.07, 6.45) is 12.8. The van der Waals surface area contributed by atoms with Crippen LogP contribution in [-0.2, 0) is 26.8 Å². The number of ether oxygens (including phenoxy) is 1. The van der Waals surface area contributed by atoms with E-state index in [-0.39, 0.29) is 10.8 Å². The normalized spacial score (nSPS) is 19.0. The van der Waals surface area contributed by atoms with Crippen molar-refractivity contribution in [2.45, 2.75) is 90.1 Å². The number of carbonyl (C=O) groups excluding carboxylic acids is 1. The third-order valence-electron chi connectivity index (χ3n) is 6.87. The van der Waals surface area contributed by atoms with Crippen molar-refractivity contribution in [2.24, 2.45) is 0 Å². The fraction of sp³-hybridized carbons (Fsp3) is 0.519. The second-order valence-corrected chi connectivity index (χ2v) is 9.69. The van der Waals surface area contributed by atoms with Gasteiger partial charge in [0.1, 0.15) is 11.4 Å².